The largest absolute Gasteiger partial charge is 0.497 e. The zero-order chi connectivity index (χ0) is 19.2. The van der Waals surface area contributed by atoms with Crippen molar-refractivity contribution in [2.45, 2.75) is 13.1 Å². The highest BCUT2D eigenvalue weighted by molar-refractivity contribution is 5.40. The van der Waals surface area contributed by atoms with E-state index in [0.717, 1.165) is 56.3 Å². The Labute approximate surface area is 159 Å². The first-order valence-electron chi connectivity index (χ1n) is 9.20. The van der Waals surface area contributed by atoms with Gasteiger partial charge in [0.2, 0.25) is 0 Å². The molecule has 7 heteroatoms. The lowest BCUT2D eigenvalue weighted by Gasteiger charge is -2.30. The second kappa shape index (κ2) is 8.83. The van der Waals surface area contributed by atoms with Crippen LogP contribution < -0.4 is 19.3 Å². The van der Waals surface area contributed by atoms with E-state index in [4.69, 9.17) is 9.47 Å². The number of nitrogens with one attached hydrogen (secondary N) is 2. The number of quaternary nitrogens is 2. The number of nitro benzene ring substituents is 1. The fourth-order valence-corrected chi connectivity index (χ4v) is 3.65. The zero-order valence-corrected chi connectivity index (χ0v) is 15.9. The van der Waals surface area contributed by atoms with Crippen molar-refractivity contribution >= 4 is 5.69 Å². The first-order valence-corrected chi connectivity index (χ1v) is 9.20. The number of hydrogen-bond donors (Lipinski definition) is 2. The second-order valence-corrected chi connectivity index (χ2v) is 6.96. The summed E-state index contributed by atoms with van der Waals surface area (Å²) in [5, 5.41) is 10.9. The van der Waals surface area contributed by atoms with Crippen LogP contribution in [0.4, 0.5) is 5.69 Å². The van der Waals surface area contributed by atoms with Gasteiger partial charge in [0.25, 0.3) is 5.69 Å². The lowest BCUT2D eigenvalue weighted by Crippen LogP contribution is -3.27. The van der Waals surface area contributed by atoms with E-state index >= 15 is 0 Å². The van der Waals surface area contributed by atoms with Gasteiger partial charge in [-0.25, -0.2) is 0 Å². The summed E-state index contributed by atoms with van der Waals surface area (Å²) in [7, 11) is 3.35. The van der Waals surface area contributed by atoms with Gasteiger partial charge in [0.1, 0.15) is 50.8 Å². The minimum atomic E-state index is -0.330. The van der Waals surface area contributed by atoms with E-state index in [9.17, 15) is 10.1 Å². The minimum Gasteiger partial charge on any atom is -0.497 e. The van der Waals surface area contributed by atoms with Crippen LogP contribution >= 0.6 is 0 Å². The predicted octanol–water partition coefficient (Wildman–Crippen LogP) is 0.0956. The molecule has 0 saturated carbocycles. The number of non-ortho nitro benzene ring substituents is 1. The number of hydrogen-bond acceptors (Lipinski definition) is 4. The van der Waals surface area contributed by atoms with Crippen LogP contribution in [0.5, 0.6) is 11.5 Å². The van der Waals surface area contributed by atoms with Crippen LogP contribution in [0.3, 0.4) is 0 Å². The van der Waals surface area contributed by atoms with Gasteiger partial charge in [-0.15, -0.1) is 0 Å². The number of nitro groups is 1. The van der Waals surface area contributed by atoms with Gasteiger partial charge in [-0.1, -0.05) is 12.1 Å². The van der Waals surface area contributed by atoms with Crippen molar-refractivity contribution < 1.29 is 24.2 Å². The third kappa shape index (κ3) is 4.96. The smallest absolute Gasteiger partial charge is 0.269 e. The number of rotatable bonds is 7. The van der Waals surface area contributed by atoms with Crippen molar-refractivity contribution in [2.24, 2.45) is 0 Å². The number of methoxy groups -OCH3 is 2. The van der Waals surface area contributed by atoms with Crippen LogP contribution in [-0.2, 0) is 13.1 Å². The van der Waals surface area contributed by atoms with E-state index in [1.165, 1.54) is 15.4 Å². The fraction of sp³-hybridized carbons (Fsp3) is 0.400. The summed E-state index contributed by atoms with van der Waals surface area (Å²) >= 11 is 0. The second-order valence-electron chi connectivity index (χ2n) is 6.96. The van der Waals surface area contributed by atoms with Crippen LogP contribution in [0.25, 0.3) is 0 Å². The predicted molar refractivity (Wildman–Crippen MR) is 101 cm³/mol. The Morgan fingerprint density at radius 3 is 2.30 bits per heavy atom. The van der Waals surface area contributed by atoms with E-state index in [1.807, 2.05) is 18.2 Å². The van der Waals surface area contributed by atoms with E-state index in [2.05, 4.69) is 6.07 Å². The SMILES string of the molecule is COc1ccc(C[NH+]2CC[NH+](Cc3cccc([N+](=O)[O-])c3)CC2)c(OC)c1. The molecule has 1 fully saturated rings. The number of nitrogens with zero attached hydrogens (tertiary/aromatic N) is 1. The molecule has 1 saturated heterocycles. The summed E-state index contributed by atoms with van der Waals surface area (Å²) in [4.78, 5) is 13.6. The monoisotopic (exact) mass is 373 g/mol. The first-order chi connectivity index (χ1) is 13.1. The molecule has 2 N–H and O–H groups in total. The molecule has 1 aliphatic rings. The van der Waals surface area contributed by atoms with Crippen LogP contribution in [0.15, 0.2) is 42.5 Å². The van der Waals surface area contributed by atoms with Gasteiger partial charge in [-0.2, -0.15) is 0 Å². The molecule has 2 aromatic rings. The minimum absolute atomic E-state index is 0.169. The van der Waals surface area contributed by atoms with Crippen molar-refractivity contribution in [1.82, 2.24) is 0 Å². The van der Waals surface area contributed by atoms with Gasteiger partial charge in [0.05, 0.1) is 19.1 Å². The Bertz CT molecular complexity index is 789. The third-order valence-corrected chi connectivity index (χ3v) is 5.17. The van der Waals surface area contributed by atoms with Crippen molar-refractivity contribution in [1.29, 1.82) is 0 Å². The lowest BCUT2D eigenvalue weighted by atomic mass is 10.1. The summed E-state index contributed by atoms with van der Waals surface area (Å²) < 4.78 is 10.8. The van der Waals surface area contributed by atoms with Crippen molar-refractivity contribution in [3.8, 4) is 11.5 Å². The quantitative estimate of drug-likeness (QED) is 0.533. The van der Waals surface area contributed by atoms with Crippen LogP contribution in [0.2, 0.25) is 0 Å². The average Bonchev–Trinajstić information content (AvgIpc) is 2.70. The summed E-state index contributed by atoms with van der Waals surface area (Å²) in [6.45, 7) is 6.00. The Kier molecular flexibility index (Phi) is 6.26. The molecule has 0 amide bonds. The molecule has 0 radical (unpaired) electrons. The van der Waals surface area contributed by atoms with E-state index in [0.29, 0.717) is 0 Å². The summed E-state index contributed by atoms with van der Waals surface area (Å²) in [5.41, 5.74) is 2.39. The number of benzene rings is 2. The molecule has 27 heavy (non-hydrogen) atoms. The number of ether oxygens (including phenoxy) is 2. The maximum absolute atomic E-state index is 10.9. The molecule has 1 heterocycles. The summed E-state index contributed by atoms with van der Waals surface area (Å²) in [5.74, 6) is 1.67. The standard InChI is InChI=1S/C20H25N3O4/c1-26-19-7-6-17(20(13-19)27-2)15-22-10-8-21(9-11-22)14-16-4-3-5-18(12-16)23(24)25/h3-7,12-13H,8-11,14-15H2,1-2H3/p+2. The summed E-state index contributed by atoms with van der Waals surface area (Å²) in [6.07, 6.45) is 0. The molecule has 2 aromatic carbocycles. The Balaban J connectivity index is 1.55. The van der Waals surface area contributed by atoms with Gasteiger partial charge in [-0.05, 0) is 12.1 Å². The van der Waals surface area contributed by atoms with E-state index in [-0.39, 0.29) is 10.6 Å². The van der Waals surface area contributed by atoms with Crippen LogP contribution in [-0.4, -0.2) is 45.3 Å². The average molecular weight is 373 g/mol. The molecular weight excluding hydrogens is 346 g/mol. The third-order valence-electron chi connectivity index (χ3n) is 5.17. The number of piperazine rings is 1. The van der Waals surface area contributed by atoms with Crippen molar-refractivity contribution in [3.05, 3.63) is 63.7 Å². The van der Waals surface area contributed by atoms with Gasteiger partial charge >= 0.3 is 0 Å². The van der Waals surface area contributed by atoms with Gasteiger partial charge in [0, 0.05) is 29.3 Å². The van der Waals surface area contributed by atoms with E-state index in [1.54, 1.807) is 32.4 Å². The molecule has 0 aromatic heterocycles. The van der Waals surface area contributed by atoms with Crippen LogP contribution in [0.1, 0.15) is 11.1 Å². The molecule has 3 rings (SSSR count). The molecule has 0 unspecified atom stereocenters. The van der Waals surface area contributed by atoms with E-state index < -0.39 is 0 Å². The maximum atomic E-state index is 10.9. The Morgan fingerprint density at radius 1 is 0.963 bits per heavy atom. The highest BCUT2D eigenvalue weighted by atomic mass is 16.6. The highest BCUT2D eigenvalue weighted by Gasteiger charge is 2.24. The molecule has 144 valence electrons. The molecule has 0 aliphatic carbocycles. The topological polar surface area (TPSA) is 70.5 Å². The Morgan fingerprint density at radius 2 is 1.67 bits per heavy atom. The lowest BCUT2D eigenvalue weighted by molar-refractivity contribution is -1.02. The molecule has 0 atom stereocenters. The molecule has 1 aliphatic heterocycles. The molecular formula is C20H27N3O4+2. The van der Waals surface area contributed by atoms with Gasteiger partial charge < -0.3 is 19.3 Å². The maximum Gasteiger partial charge on any atom is 0.269 e. The molecule has 0 bridgehead atoms. The highest BCUT2D eigenvalue weighted by Crippen LogP contribution is 2.23. The van der Waals surface area contributed by atoms with Gasteiger partial charge in [-0.3, -0.25) is 10.1 Å². The summed E-state index contributed by atoms with van der Waals surface area (Å²) in [6, 6.07) is 13.0. The normalized spacial score (nSPS) is 19.5. The molecule has 7 nitrogen and oxygen atoms in total. The first kappa shape index (κ1) is 19.1. The zero-order valence-electron chi connectivity index (χ0n) is 15.9. The van der Waals surface area contributed by atoms with Gasteiger partial charge in [0.15, 0.2) is 0 Å². The Hall–Kier alpha value is -2.64. The molecule has 0 spiro atoms. The van der Waals surface area contributed by atoms with Crippen molar-refractivity contribution in [3.63, 3.8) is 0 Å². The fourth-order valence-electron chi connectivity index (χ4n) is 3.65. The van der Waals surface area contributed by atoms with Crippen LogP contribution in [0, 0.1) is 10.1 Å². The van der Waals surface area contributed by atoms with Crippen molar-refractivity contribution in [2.75, 3.05) is 40.4 Å².